The zero-order valence-corrected chi connectivity index (χ0v) is 14.4. The van der Waals surface area contributed by atoms with Crippen LogP contribution in [0.2, 0.25) is 0 Å². The second-order valence-corrected chi connectivity index (χ2v) is 5.47. The number of thiocarbonyl (C=S) groups is 1. The second-order valence-electron chi connectivity index (χ2n) is 5.06. The molecule has 122 valence electrons. The van der Waals surface area contributed by atoms with Crippen molar-refractivity contribution in [1.29, 1.82) is 0 Å². The lowest BCUT2D eigenvalue weighted by molar-refractivity contribution is 0.414. The Balaban J connectivity index is 2.01. The van der Waals surface area contributed by atoms with E-state index in [1.807, 2.05) is 48.5 Å². The third kappa shape index (κ3) is 4.86. The molecule has 2 N–H and O–H groups in total. The van der Waals surface area contributed by atoms with Crippen LogP contribution in [0.5, 0.6) is 11.5 Å². The van der Waals surface area contributed by atoms with Gasteiger partial charge in [-0.05, 0) is 48.5 Å². The minimum absolute atomic E-state index is 0.145. The summed E-state index contributed by atoms with van der Waals surface area (Å²) in [5.74, 6) is 1.64. The predicted octanol–water partition coefficient (Wildman–Crippen LogP) is 4.14. The highest BCUT2D eigenvalue weighted by Gasteiger charge is 2.11. The van der Waals surface area contributed by atoms with E-state index >= 15 is 0 Å². The zero-order valence-electron chi connectivity index (χ0n) is 13.6. The molecule has 0 heterocycles. The van der Waals surface area contributed by atoms with Crippen LogP contribution in [0.15, 0.2) is 48.5 Å². The molecule has 0 saturated carbocycles. The molecule has 0 radical (unpaired) electrons. The summed E-state index contributed by atoms with van der Waals surface area (Å²) in [6.45, 7) is 2.12. The van der Waals surface area contributed by atoms with Gasteiger partial charge in [0, 0.05) is 11.8 Å². The first-order chi connectivity index (χ1) is 11.2. The van der Waals surface area contributed by atoms with E-state index in [2.05, 4.69) is 17.6 Å². The Labute approximate surface area is 142 Å². The summed E-state index contributed by atoms with van der Waals surface area (Å²) in [5.41, 5.74) is 2.06. The molecular weight excluding hydrogens is 308 g/mol. The molecule has 23 heavy (non-hydrogen) atoms. The molecule has 0 saturated heterocycles. The molecule has 5 heteroatoms. The summed E-state index contributed by atoms with van der Waals surface area (Å²) in [6, 6.07) is 15.8. The van der Waals surface area contributed by atoms with Gasteiger partial charge in [-0.3, -0.25) is 0 Å². The molecule has 0 aromatic heterocycles. The number of anilines is 1. The van der Waals surface area contributed by atoms with Crippen LogP contribution < -0.4 is 20.1 Å². The van der Waals surface area contributed by atoms with E-state index in [0.717, 1.165) is 23.6 Å². The van der Waals surface area contributed by atoms with E-state index in [4.69, 9.17) is 21.7 Å². The fourth-order valence-corrected chi connectivity index (χ4v) is 2.54. The van der Waals surface area contributed by atoms with Crippen molar-refractivity contribution in [2.24, 2.45) is 0 Å². The maximum Gasteiger partial charge on any atom is 0.171 e. The first-order valence-electron chi connectivity index (χ1n) is 7.51. The van der Waals surface area contributed by atoms with Gasteiger partial charge in [0.25, 0.3) is 0 Å². The van der Waals surface area contributed by atoms with Gasteiger partial charge in [0.15, 0.2) is 5.11 Å². The summed E-state index contributed by atoms with van der Waals surface area (Å²) in [6.07, 6.45) is 0.923. The topological polar surface area (TPSA) is 42.5 Å². The molecule has 2 aromatic rings. The maximum absolute atomic E-state index is 5.42. The molecule has 2 aromatic carbocycles. The average molecular weight is 330 g/mol. The number of hydrogen-bond donors (Lipinski definition) is 2. The minimum atomic E-state index is 0.145. The molecule has 4 nitrogen and oxygen atoms in total. The van der Waals surface area contributed by atoms with Crippen molar-refractivity contribution < 1.29 is 9.47 Å². The quantitative estimate of drug-likeness (QED) is 0.779. The largest absolute Gasteiger partial charge is 0.497 e. The molecule has 1 atom stereocenters. The summed E-state index contributed by atoms with van der Waals surface area (Å²) in [5, 5.41) is 7.12. The van der Waals surface area contributed by atoms with Gasteiger partial charge in [-0.1, -0.05) is 25.1 Å². The standard InChI is InChI=1S/C18H22N2O2S/c1-4-17(13-8-10-15(21-2)11-9-13)20-18(23)19-14-6-5-7-16(12-14)22-3/h5-12,17H,4H2,1-3H3,(H2,19,20,23)/t17-/m1/s1. The van der Waals surface area contributed by atoms with Gasteiger partial charge in [-0.15, -0.1) is 0 Å². The molecular formula is C18H22N2O2S. The smallest absolute Gasteiger partial charge is 0.171 e. The Morgan fingerprint density at radius 3 is 2.35 bits per heavy atom. The van der Waals surface area contributed by atoms with Crippen LogP contribution in [0.4, 0.5) is 5.69 Å². The van der Waals surface area contributed by atoms with Crippen molar-refractivity contribution in [2.75, 3.05) is 19.5 Å². The Bertz CT molecular complexity index is 644. The highest BCUT2D eigenvalue weighted by molar-refractivity contribution is 7.80. The average Bonchev–Trinajstić information content (AvgIpc) is 2.60. The Kier molecular flexibility index (Phi) is 6.23. The predicted molar refractivity (Wildman–Crippen MR) is 98.4 cm³/mol. The van der Waals surface area contributed by atoms with Crippen LogP contribution in [-0.4, -0.2) is 19.3 Å². The van der Waals surface area contributed by atoms with E-state index in [0.29, 0.717) is 5.11 Å². The van der Waals surface area contributed by atoms with Gasteiger partial charge in [0.1, 0.15) is 11.5 Å². The van der Waals surface area contributed by atoms with Crippen molar-refractivity contribution in [3.63, 3.8) is 0 Å². The maximum atomic E-state index is 5.42. The van der Waals surface area contributed by atoms with Crippen LogP contribution >= 0.6 is 12.2 Å². The first kappa shape index (κ1) is 17.1. The second kappa shape index (κ2) is 8.39. The van der Waals surface area contributed by atoms with Crippen LogP contribution in [0.1, 0.15) is 24.9 Å². The molecule has 0 fully saturated rings. The highest BCUT2D eigenvalue weighted by Crippen LogP contribution is 2.21. The van der Waals surface area contributed by atoms with Crippen LogP contribution in [0.25, 0.3) is 0 Å². The van der Waals surface area contributed by atoms with Crippen molar-refractivity contribution in [3.8, 4) is 11.5 Å². The SMILES string of the molecule is CC[C@@H](NC(=S)Nc1cccc(OC)c1)c1ccc(OC)cc1. The monoisotopic (exact) mass is 330 g/mol. The van der Waals surface area contributed by atoms with Gasteiger partial charge in [0.2, 0.25) is 0 Å². The highest BCUT2D eigenvalue weighted by atomic mass is 32.1. The van der Waals surface area contributed by atoms with Gasteiger partial charge < -0.3 is 20.1 Å². The van der Waals surface area contributed by atoms with Crippen molar-refractivity contribution >= 4 is 23.0 Å². The normalized spacial score (nSPS) is 11.4. The summed E-state index contributed by atoms with van der Waals surface area (Å²) in [4.78, 5) is 0. The van der Waals surface area contributed by atoms with Gasteiger partial charge >= 0.3 is 0 Å². The molecule has 2 rings (SSSR count). The van der Waals surface area contributed by atoms with Crippen molar-refractivity contribution in [2.45, 2.75) is 19.4 Å². The molecule has 0 unspecified atom stereocenters. The lowest BCUT2D eigenvalue weighted by Gasteiger charge is -2.20. The van der Waals surface area contributed by atoms with E-state index in [9.17, 15) is 0 Å². The third-order valence-corrected chi connectivity index (χ3v) is 3.78. The molecule has 0 aliphatic rings. The number of methoxy groups -OCH3 is 2. The fraction of sp³-hybridized carbons (Fsp3) is 0.278. The molecule has 0 aliphatic heterocycles. The van der Waals surface area contributed by atoms with Crippen molar-refractivity contribution in [1.82, 2.24) is 5.32 Å². The Morgan fingerprint density at radius 1 is 1.04 bits per heavy atom. The van der Waals surface area contributed by atoms with Gasteiger partial charge in [-0.25, -0.2) is 0 Å². The van der Waals surface area contributed by atoms with Crippen LogP contribution in [0, 0.1) is 0 Å². The molecule has 0 spiro atoms. The van der Waals surface area contributed by atoms with E-state index in [1.54, 1.807) is 14.2 Å². The molecule has 0 aliphatic carbocycles. The van der Waals surface area contributed by atoms with Crippen LogP contribution in [0.3, 0.4) is 0 Å². The Hall–Kier alpha value is -2.27. The summed E-state index contributed by atoms with van der Waals surface area (Å²) >= 11 is 5.42. The van der Waals surface area contributed by atoms with E-state index in [-0.39, 0.29) is 6.04 Å². The number of rotatable bonds is 6. The lowest BCUT2D eigenvalue weighted by Crippen LogP contribution is -2.32. The minimum Gasteiger partial charge on any atom is -0.497 e. The van der Waals surface area contributed by atoms with Gasteiger partial charge in [0.05, 0.1) is 20.3 Å². The zero-order chi connectivity index (χ0) is 16.7. The fourth-order valence-electron chi connectivity index (χ4n) is 2.28. The first-order valence-corrected chi connectivity index (χ1v) is 7.92. The number of benzene rings is 2. The summed E-state index contributed by atoms with van der Waals surface area (Å²) < 4.78 is 10.4. The van der Waals surface area contributed by atoms with E-state index in [1.165, 1.54) is 5.56 Å². The molecule has 0 amide bonds. The number of nitrogens with one attached hydrogen (secondary N) is 2. The lowest BCUT2D eigenvalue weighted by atomic mass is 10.0. The number of hydrogen-bond acceptors (Lipinski definition) is 3. The number of ether oxygens (including phenoxy) is 2. The van der Waals surface area contributed by atoms with E-state index < -0.39 is 0 Å². The van der Waals surface area contributed by atoms with Gasteiger partial charge in [-0.2, -0.15) is 0 Å². The van der Waals surface area contributed by atoms with Crippen LogP contribution in [-0.2, 0) is 0 Å². The Morgan fingerprint density at radius 2 is 1.74 bits per heavy atom. The molecule has 0 bridgehead atoms. The third-order valence-electron chi connectivity index (χ3n) is 3.56. The van der Waals surface area contributed by atoms with Crippen molar-refractivity contribution in [3.05, 3.63) is 54.1 Å². The summed E-state index contributed by atoms with van der Waals surface area (Å²) in [7, 11) is 3.31.